The summed E-state index contributed by atoms with van der Waals surface area (Å²) >= 11 is 0. The highest BCUT2D eigenvalue weighted by molar-refractivity contribution is 7.47. The molecule has 0 saturated heterocycles. The molecule has 1 aromatic heterocycles. The number of hydrogen-bond donors (Lipinski definition) is 5. The number of phosphoric acid groups is 1. The van der Waals surface area contributed by atoms with Gasteiger partial charge in [0.15, 0.2) is 0 Å². The minimum Gasteiger partial charge on any atom is -0.462 e. The van der Waals surface area contributed by atoms with Gasteiger partial charge in [0.25, 0.3) is 0 Å². The lowest BCUT2D eigenvalue weighted by molar-refractivity contribution is -0.150. The van der Waals surface area contributed by atoms with E-state index < -0.39 is 25.8 Å². The second kappa shape index (κ2) is 42.0. The first-order valence-electron chi connectivity index (χ1n) is 28.7. The van der Waals surface area contributed by atoms with Gasteiger partial charge < -0.3 is 35.3 Å². The molecule has 0 saturated carbocycles. The van der Waals surface area contributed by atoms with Gasteiger partial charge in [-0.3, -0.25) is 28.2 Å². The standard InChI is InChI=1S/C57H101N4O10P/c1-6-10-13-16-18-20-21-22-23-26-29-36-53(62)60-49(45-68-42-40-50(33-28-25-15-12-8-3)71-55(64)37-30-27-24-19-17-14-11-7-2)46-70-72(66,67)69-43-41-58-57(65)56(47(5)9-4)61-54(63)39-38-48-44-59-52-35-32-31-34-51(48)52/h31-32,34-35,44,47,49-50,56,59H,6-30,33,36-43,45-46H2,1-5H3,(H,58,65)(H,60,62)(H,61,63)(H,66,67). The van der Waals surface area contributed by atoms with Crippen molar-refractivity contribution >= 4 is 42.4 Å². The summed E-state index contributed by atoms with van der Waals surface area (Å²) in [6.45, 7) is 9.97. The topological polar surface area (TPSA) is 194 Å². The van der Waals surface area contributed by atoms with Gasteiger partial charge in [0.05, 0.1) is 32.5 Å². The summed E-state index contributed by atoms with van der Waals surface area (Å²) in [4.78, 5) is 66.3. The van der Waals surface area contributed by atoms with Crippen molar-refractivity contribution in [2.75, 3.05) is 33.0 Å². The Morgan fingerprint density at radius 2 is 1.19 bits per heavy atom. The van der Waals surface area contributed by atoms with Gasteiger partial charge in [0.2, 0.25) is 17.7 Å². The summed E-state index contributed by atoms with van der Waals surface area (Å²) in [5, 5.41) is 9.61. The minimum absolute atomic E-state index is 0.0139. The lowest BCUT2D eigenvalue weighted by Crippen LogP contribution is -2.50. The molecule has 5 N–H and O–H groups in total. The number of unbranched alkanes of at least 4 members (excludes halogenated alkanes) is 21. The average Bonchev–Trinajstić information content (AvgIpc) is 3.79. The van der Waals surface area contributed by atoms with Crippen molar-refractivity contribution in [2.45, 2.75) is 252 Å². The second-order valence-electron chi connectivity index (χ2n) is 20.1. The number of aromatic amines is 1. The number of amides is 3. The van der Waals surface area contributed by atoms with Crippen LogP contribution in [0.4, 0.5) is 0 Å². The Hall–Kier alpha value is -3.29. The van der Waals surface area contributed by atoms with Crippen LogP contribution < -0.4 is 16.0 Å². The molecule has 2 aromatic rings. The van der Waals surface area contributed by atoms with Gasteiger partial charge in [-0.1, -0.05) is 194 Å². The number of aromatic nitrogens is 1. The van der Waals surface area contributed by atoms with Crippen molar-refractivity contribution < 1.29 is 47.2 Å². The van der Waals surface area contributed by atoms with Crippen LogP contribution in [0.15, 0.2) is 30.5 Å². The average molecular weight is 1030 g/mol. The number of benzene rings is 1. The Labute approximate surface area is 435 Å². The summed E-state index contributed by atoms with van der Waals surface area (Å²) < 4.78 is 35.8. The van der Waals surface area contributed by atoms with Gasteiger partial charge >= 0.3 is 13.8 Å². The number of aryl methyl sites for hydroxylation is 1. The Morgan fingerprint density at radius 1 is 0.639 bits per heavy atom. The van der Waals surface area contributed by atoms with E-state index in [1.165, 1.54) is 83.5 Å². The fourth-order valence-corrected chi connectivity index (χ4v) is 9.67. The zero-order chi connectivity index (χ0) is 52.5. The number of esters is 1. The van der Waals surface area contributed by atoms with Crippen LogP contribution in [0, 0.1) is 5.92 Å². The molecule has 15 heteroatoms. The van der Waals surface area contributed by atoms with E-state index in [1.807, 2.05) is 44.3 Å². The van der Waals surface area contributed by atoms with Gasteiger partial charge in [0, 0.05) is 49.3 Å². The third-order valence-electron chi connectivity index (χ3n) is 13.6. The van der Waals surface area contributed by atoms with Crippen LogP contribution >= 0.6 is 7.82 Å². The number of phosphoric ester groups is 1. The Balaban J connectivity index is 1.92. The lowest BCUT2D eigenvalue weighted by atomic mass is 9.98. The molecule has 0 aliphatic carbocycles. The van der Waals surface area contributed by atoms with Gasteiger partial charge in [-0.2, -0.15) is 0 Å². The molecule has 1 heterocycles. The maximum Gasteiger partial charge on any atom is 0.472 e. The number of carbonyl (C=O) groups excluding carboxylic acids is 4. The number of rotatable bonds is 48. The summed E-state index contributed by atoms with van der Waals surface area (Å²) in [5.74, 6) is -1.20. The van der Waals surface area contributed by atoms with E-state index in [2.05, 4.69) is 41.7 Å². The van der Waals surface area contributed by atoms with Crippen LogP contribution in [0.2, 0.25) is 0 Å². The highest BCUT2D eigenvalue weighted by Gasteiger charge is 2.28. The molecular formula is C57H101N4O10P. The van der Waals surface area contributed by atoms with Crippen LogP contribution in [0.3, 0.4) is 0 Å². The monoisotopic (exact) mass is 1030 g/mol. The van der Waals surface area contributed by atoms with Gasteiger partial charge in [-0.25, -0.2) is 4.57 Å². The molecule has 0 aliphatic rings. The van der Waals surface area contributed by atoms with Crippen LogP contribution in [-0.4, -0.2) is 84.7 Å². The zero-order valence-electron chi connectivity index (χ0n) is 45.7. The number of fused-ring (bicyclic) bond motifs is 1. The summed E-state index contributed by atoms with van der Waals surface area (Å²) in [7, 11) is -4.62. The molecule has 414 valence electrons. The molecule has 5 atom stereocenters. The number of carbonyl (C=O) groups is 4. The molecule has 0 spiro atoms. The van der Waals surface area contributed by atoms with Gasteiger partial charge in [-0.15, -0.1) is 0 Å². The quantitative estimate of drug-likeness (QED) is 0.0242. The zero-order valence-corrected chi connectivity index (χ0v) is 46.6. The fraction of sp³-hybridized carbons (Fsp3) is 0.789. The van der Waals surface area contributed by atoms with E-state index in [1.54, 1.807) is 0 Å². The van der Waals surface area contributed by atoms with E-state index in [0.29, 0.717) is 32.1 Å². The molecule has 2 rings (SSSR count). The van der Waals surface area contributed by atoms with Gasteiger partial charge in [-0.05, 0) is 49.7 Å². The maximum absolute atomic E-state index is 13.3. The summed E-state index contributed by atoms with van der Waals surface area (Å²) in [6.07, 6.45) is 32.6. The van der Waals surface area contributed by atoms with E-state index >= 15 is 0 Å². The van der Waals surface area contributed by atoms with E-state index in [4.69, 9.17) is 18.5 Å². The predicted octanol–water partition coefficient (Wildman–Crippen LogP) is 13.3. The van der Waals surface area contributed by atoms with E-state index in [9.17, 15) is 28.6 Å². The minimum atomic E-state index is -4.62. The van der Waals surface area contributed by atoms with Crippen LogP contribution in [0.5, 0.6) is 0 Å². The third-order valence-corrected chi connectivity index (χ3v) is 14.6. The van der Waals surface area contributed by atoms with Crippen molar-refractivity contribution in [1.82, 2.24) is 20.9 Å². The fourth-order valence-electron chi connectivity index (χ4n) is 8.91. The Kier molecular flexibility index (Phi) is 37.8. The first kappa shape index (κ1) is 64.8. The van der Waals surface area contributed by atoms with Crippen molar-refractivity contribution in [1.29, 1.82) is 0 Å². The first-order chi connectivity index (χ1) is 34.9. The normalized spacial score (nSPS) is 14.1. The largest absolute Gasteiger partial charge is 0.472 e. The Bertz CT molecular complexity index is 1760. The highest BCUT2D eigenvalue weighted by atomic mass is 31.2. The predicted molar refractivity (Wildman–Crippen MR) is 292 cm³/mol. The van der Waals surface area contributed by atoms with Gasteiger partial charge in [0.1, 0.15) is 12.1 Å². The molecule has 0 bridgehead atoms. The van der Waals surface area contributed by atoms with Crippen molar-refractivity contribution in [3.05, 3.63) is 36.0 Å². The Morgan fingerprint density at radius 3 is 1.81 bits per heavy atom. The van der Waals surface area contributed by atoms with Crippen molar-refractivity contribution in [3.8, 4) is 0 Å². The molecule has 0 radical (unpaired) electrons. The lowest BCUT2D eigenvalue weighted by Gasteiger charge is -2.24. The first-order valence-corrected chi connectivity index (χ1v) is 30.2. The number of ether oxygens (including phenoxy) is 2. The number of H-pyrrole nitrogens is 1. The molecule has 0 fully saturated rings. The van der Waals surface area contributed by atoms with Crippen molar-refractivity contribution in [3.63, 3.8) is 0 Å². The van der Waals surface area contributed by atoms with E-state index in [-0.39, 0.29) is 69.2 Å². The maximum atomic E-state index is 13.3. The summed E-state index contributed by atoms with van der Waals surface area (Å²) in [6, 6.07) is 6.35. The van der Waals surface area contributed by atoms with E-state index in [0.717, 1.165) is 93.5 Å². The second-order valence-corrected chi connectivity index (χ2v) is 21.6. The van der Waals surface area contributed by atoms with Crippen molar-refractivity contribution in [2.24, 2.45) is 5.92 Å². The molecule has 0 aliphatic heterocycles. The molecule has 3 amide bonds. The van der Waals surface area contributed by atoms with Crippen LogP contribution in [0.25, 0.3) is 10.9 Å². The van der Waals surface area contributed by atoms with Crippen LogP contribution in [0.1, 0.15) is 233 Å². The smallest absolute Gasteiger partial charge is 0.462 e. The molecule has 5 unspecified atom stereocenters. The van der Waals surface area contributed by atoms with Crippen LogP contribution in [-0.2, 0) is 48.7 Å². The SMILES string of the molecule is CCCCCCCCCCCCCC(=O)NC(COCCC(CCCCCCC)OC(=O)CCCCCCCCCC)COP(=O)(O)OCCNC(=O)C(NC(=O)CCc1c[nH]c2ccccc12)C(C)CC. The molecular weight excluding hydrogens is 932 g/mol. The number of para-hydroxylation sites is 1. The number of hydrogen-bond acceptors (Lipinski definition) is 9. The highest BCUT2D eigenvalue weighted by Crippen LogP contribution is 2.43. The molecule has 14 nitrogen and oxygen atoms in total. The number of nitrogens with one attached hydrogen (secondary N) is 4. The molecule has 72 heavy (non-hydrogen) atoms. The third kappa shape index (κ3) is 32.1. The molecule has 1 aromatic carbocycles. The summed E-state index contributed by atoms with van der Waals surface area (Å²) in [5.41, 5.74) is 2.02.